The molecule has 3 rings (SSSR count). The van der Waals surface area contributed by atoms with Gasteiger partial charge in [-0.2, -0.15) is 18.4 Å². The van der Waals surface area contributed by atoms with Gasteiger partial charge in [-0.1, -0.05) is 24.3 Å². The molecule has 8 nitrogen and oxygen atoms in total. The number of hydrogen-bond acceptors (Lipinski definition) is 6. The SMILES string of the molecule is CCOc1cc(/C=C(\C#N)C(=O)Nc2ccccc2)ccc1Oc1ccc(C(F)(F)F)cc1[N+](=O)[O-]. The van der Waals surface area contributed by atoms with E-state index in [4.69, 9.17) is 9.47 Å². The summed E-state index contributed by atoms with van der Waals surface area (Å²) in [5.41, 5.74) is -1.38. The molecule has 11 heteroatoms. The fourth-order valence-corrected chi connectivity index (χ4v) is 3.04. The van der Waals surface area contributed by atoms with Crippen molar-refractivity contribution in [2.75, 3.05) is 11.9 Å². The summed E-state index contributed by atoms with van der Waals surface area (Å²) >= 11 is 0. The summed E-state index contributed by atoms with van der Waals surface area (Å²) in [4.78, 5) is 22.8. The summed E-state index contributed by atoms with van der Waals surface area (Å²) in [6, 6.07) is 16.5. The van der Waals surface area contributed by atoms with Crippen molar-refractivity contribution in [3.8, 4) is 23.3 Å². The number of hydrogen-bond donors (Lipinski definition) is 1. The Bertz CT molecular complexity index is 1350. The van der Waals surface area contributed by atoms with Gasteiger partial charge < -0.3 is 14.8 Å². The average molecular weight is 497 g/mol. The van der Waals surface area contributed by atoms with Crippen molar-refractivity contribution in [1.82, 2.24) is 0 Å². The molecule has 0 aromatic heterocycles. The van der Waals surface area contributed by atoms with Crippen molar-refractivity contribution in [3.63, 3.8) is 0 Å². The predicted octanol–water partition coefficient (Wildman–Crippen LogP) is 6.35. The lowest BCUT2D eigenvalue weighted by atomic mass is 10.1. The Morgan fingerprint density at radius 1 is 1.08 bits per heavy atom. The summed E-state index contributed by atoms with van der Waals surface area (Å²) in [7, 11) is 0. The molecule has 0 bridgehead atoms. The molecule has 1 amide bonds. The Labute approximate surface area is 203 Å². The number of nitro groups is 1. The predicted molar refractivity (Wildman–Crippen MR) is 124 cm³/mol. The smallest absolute Gasteiger partial charge is 0.416 e. The minimum Gasteiger partial charge on any atom is -0.490 e. The molecule has 0 saturated carbocycles. The standard InChI is InChI=1S/C25H18F3N3O5/c1-2-35-23-13-16(12-17(15-29)24(32)30-19-6-4-3-5-7-19)8-10-22(23)36-21-11-9-18(25(26,27)28)14-20(21)31(33)34/h3-14H,2H2,1H3,(H,30,32)/b17-12+. The maximum absolute atomic E-state index is 13.0. The van der Waals surface area contributed by atoms with Crippen LogP contribution in [0.1, 0.15) is 18.1 Å². The topological polar surface area (TPSA) is 114 Å². The first-order chi connectivity index (χ1) is 17.1. The average Bonchev–Trinajstić information content (AvgIpc) is 2.84. The van der Waals surface area contributed by atoms with Gasteiger partial charge in [-0.15, -0.1) is 0 Å². The first-order valence-electron chi connectivity index (χ1n) is 10.4. The third kappa shape index (κ3) is 6.38. The number of ether oxygens (including phenoxy) is 2. The quantitative estimate of drug-likeness (QED) is 0.168. The third-order valence-corrected chi connectivity index (χ3v) is 4.68. The van der Waals surface area contributed by atoms with Crippen LogP contribution in [0.5, 0.6) is 17.2 Å². The summed E-state index contributed by atoms with van der Waals surface area (Å²) in [5.74, 6) is -0.968. The van der Waals surface area contributed by atoms with Gasteiger partial charge in [0.2, 0.25) is 5.75 Å². The molecule has 1 N–H and O–H groups in total. The number of rotatable bonds is 8. The maximum atomic E-state index is 13.0. The zero-order valence-electron chi connectivity index (χ0n) is 18.7. The molecule has 0 aliphatic rings. The van der Waals surface area contributed by atoms with Crippen LogP contribution < -0.4 is 14.8 Å². The summed E-state index contributed by atoms with van der Waals surface area (Å²) in [6.45, 7) is 1.83. The first kappa shape index (κ1) is 25.8. The van der Waals surface area contributed by atoms with Crippen LogP contribution in [-0.4, -0.2) is 17.4 Å². The van der Waals surface area contributed by atoms with Crippen LogP contribution in [0.4, 0.5) is 24.5 Å². The van der Waals surface area contributed by atoms with Gasteiger partial charge in [0.1, 0.15) is 11.6 Å². The summed E-state index contributed by atoms with van der Waals surface area (Å²) < 4.78 is 50.0. The van der Waals surface area contributed by atoms with E-state index < -0.39 is 34.0 Å². The number of benzene rings is 3. The van der Waals surface area contributed by atoms with E-state index >= 15 is 0 Å². The number of nitriles is 1. The number of amides is 1. The van der Waals surface area contributed by atoms with Gasteiger partial charge in [-0.25, -0.2) is 0 Å². The molecule has 0 saturated heterocycles. The van der Waals surface area contributed by atoms with Crippen molar-refractivity contribution in [1.29, 1.82) is 5.26 Å². The van der Waals surface area contributed by atoms with E-state index in [1.165, 1.54) is 24.3 Å². The largest absolute Gasteiger partial charge is 0.490 e. The Balaban J connectivity index is 1.92. The van der Waals surface area contributed by atoms with E-state index in [2.05, 4.69) is 5.32 Å². The number of carbonyl (C=O) groups is 1. The van der Waals surface area contributed by atoms with Crippen molar-refractivity contribution < 1.29 is 32.4 Å². The van der Waals surface area contributed by atoms with E-state index in [9.17, 15) is 33.3 Å². The number of carbonyl (C=O) groups excluding carboxylic acids is 1. The van der Waals surface area contributed by atoms with E-state index in [0.717, 1.165) is 6.07 Å². The number of anilines is 1. The number of nitrogens with zero attached hydrogens (tertiary/aromatic N) is 2. The molecule has 0 heterocycles. The highest BCUT2D eigenvalue weighted by Crippen LogP contribution is 2.40. The zero-order chi connectivity index (χ0) is 26.3. The molecule has 0 atom stereocenters. The molecular weight excluding hydrogens is 479 g/mol. The van der Waals surface area contributed by atoms with Gasteiger partial charge in [-0.05, 0) is 55.0 Å². The Kier molecular flexibility index (Phi) is 7.91. The normalized spacial score (nSPS) is 11.4. The summed E-state index contributed by atoms with van der Waals surface area (Å²) in [6.07, 6.45) is -3.45. The van der Waals surface area contributed by atoms with Crippen LogP contribution in [0.15, 0.2) is 72.3 Å². The van der Waals surface area contributed by atoms with Crippen LogP contribution in [0.3, 0.4) is 0 Å². The van der Waals surface area contributed by atoms with Gasteiger partial charge in [0.15, 0.2) is 11.5 Å². The zero-order valence-corrected chi connectivity index (χ0v) is 18.7. The Morgan fingerprint density at radius 3 is 2.39 bits per heavy atom. The number of nitrogens with one attached hydrogen (secondary N) is 1. The fourth-order valence-electron chi connectivity index (χ4n) is 3.04. The Morgan fingerprint density at radius 2 is 1.78 bits per heavy atom. The number of halogens is 3. The van der Waals surface area contributed by atoms with Gasteiger partial charge in [0, 0.05) is 11.8 Å². The highest BCUT2D eigenvalue weighted by Gasteiger charge is 2.33. The molecule has 0 radical (unpaired) electrons. The summed E-state index contributed by atoms with van der Waals surface area (Å²) in [5, 5.41) is 23.4. The highest BCUT2D eigenvalue weighted by molar-refractivity contribution is 6.09. The Hall–Kier alpha value is -4.85. The van der Waals surface area contributed by atoms with Crippen molar-refractivity contribution in [2.24, 2.45) is 0 Å². The van der Waals surface area contributed by atoms with Crippen molar-refractivity contribution in [3.05, 3.63) is 93.5 Å². The molecular formula is C25H18F3N3O5. The molecule has 184 valence electrons. The second kappa shape index (κ2) is 11.1. The molecule has 0 aliphatic heterocycles. The van der Waals surface area contributed by atoms with Crippen LogP contribution in [-0.2, 0) is 11.0 Å². The third-order valence-electron chi connectivity index (χ3n) is 4.68. The first-order valence-corrected chi connectivity index (χ1v) is 10.4. The number of alkyl halides is 3. The minimum absolute atomic E-state index is 0.0101. The van der Waals surface area contributed by atoms with E-state index in [0.29, 0.717) is 23.4 Å². The highest BCUT2D eigenvalue weighted by atomic mass is 19.4. The minimum atomic E-state index is -4.76. The lowest BCUT2D eigenvalue weighted by molar-refractivity contribution is -0.385. The van der Waals surface area contributed by atoms with Crippen LogP contribution in [0, 0.1) is 21.4 Å². The molecule has 3 aromatic rings. The fraction of sp³-hybridized carbons (Fsp3) is 0.120. The van der Waals surface area contributed by atoms with Gasteiger partial charge in [-0.3, -0.25) is 14.9 Å². The number of para-hydroxylation sites is 1. The maximum Gasteiger partial charge on any atom is 0.416 e. The molecule has 36 heavy (non-hydrogen) atoms. The van der Waals surface area contributed by atoms with E-state index in [1.54, 1.807) is 37.3 Å². The van der Waals surface area contributed by atoms with Crippen LogP contribution in [0.2, 0.25) is 0 Å². The van der Waals surface area contributed by atoms with Gasteiger partial charge >= 0.3 is 11.9 Å². The van der Waals surface area contributed by atoms with Crippen LogP contribution in [0.25, 0.3) is 6.08 Å². The number of nitro benzene ring substituents is 1. The molecule has 3 aromatic carbocycles. The molecule has 0 spiro atoms. The lowest BCUT2D eigenvalue weighted by Crippen LogP contribution is -2.13. The van der Waals surface area contributed by atoms with E-state index in [-0.39, 0.29) is 23.7 Å². The monoisotopic (exact) mass is 497 g/mol. The van der Waals surface area contributed by atoms with Gasteiger partial charge in [0.25, 0.3) is 5.91 Å². The molecule has 0 aliphatic carbocycles. The lowest BCUT2D eigenvalue weighted by Gasteiger charge is -2.14. The van der Waals surface area contributed by atoms with Gasteiger partial charge in [0.05, 0.1) is 17.1 Å². The molecule has 0 unspecified atom stereocenters. The van der Waals surface area contributed by atoms with Crippen LogP contribution >= 0.6 is 0 Å². The van der Waals surface area contributed by atoms with Crippen molar-refractivity contribution in [2.45, 2.75) is 13.1 Å². The van der Waals surface area contributed by atoms with E-state index in [1.807, 2.05) is 6.07 Å². The van der Waals surface area contributed by atoms with Crippen molar-refractivity contribution >= 4 is 23.4 Å². The molecule has 0 fully saturated rings. The second-order valence-electron chi connectivity index (χ2n) is 7.17. The second-order valence-corrected chi connectivity index (χ2v) is 7.17.